The highest BCUT2D eigenvalue weighted by atomic mass is 32.2. The average molecular weight is 804 g/mol. The van der Waals surface area contributed by atoms with Gasteiger partial charge in [0.25, 0.3) is 11.8 Å². The second kappa shape index (κ2) is 17.8. The van der Waals surface area contributed by atoms with Crippen molar-refractivity contribution in [3.63, 3.8) is 0 Å². The molecule has 1 aliphatic carbocycles. The highest BCUT2D eigenvalue weighted by Gasteiger charge is 2.33. The highest BCUT2D eigenvalue weighted by Crippen LogP contribution is 2.40. The first-order chi connectivity index (χ1) is 28.7. The first kappa shape index (κ1) is 39.8. The van der Waals surface area contributed by atoms with Gasteiger partial charge in [-0.2, -0.15) is 0 Å². The van der Waals surface area contributed by atoms with Gasteiger partial charge in [-0.3, -0.25) is 24.0 Å². The Hall–Kier alpha value is -7.44. The minimum Gasteiger partial charge on any atom is -0.493 e. The maximum Gasteiger partial charge on any atom is 0.272 e. The van der Waals surface area contributed by atoms with E-state index in [0.717, 1.165) is 0 Å². The third-order valence-corrected chi connectivity index (χ3v) is 10.7. The number of carbonyl (C=O) groups excluding carboxylic acids is 5. The Bertz CT molecular complexity index is 2590. The van der Waals surface area contributed by atoms with E-state index in [0.29, 0.717) is 50.1 Å². The highest BCUT2D eigenvalue weighted by molar-refractivity contribution is 8.00. The van der Waals surface area contributed by atoms with Crippen LogP contribution in [-0.4, -0.2) is 50.6 Å². The second-order valence-electron chi connectivity index (χ2n) is 13.1. The normalized spacial score (nSPS) is 12.4. The van der Waals surface area contributed by atoms with Crippen LogP contribution in [0.5, 0.6) is 17.2 Å². The summed E-state index contributed by atoms with van der Waals surface area (Å²) in [4.78, 5) is 68.9. The van der Waals surface area contributed by atoms with Crippen molar-refractivity contribution in [3.05, 3.63) is 184 Å². The predicted octanol–water partition coefficient (Wildman–Crippen LogP) is 8.37. The van der Waals surface area contributed by atoms with E-state index in [4.69, 9.17) is 14.2 Å². The van der Waals surface area contributed by atoms with Gasteiger partial charge >= 0.3 is 0 Å². The lowest BCUT2D eigenvalue weighted by Gasteiger charge is -2.22. The quantitative estimate of drug-likeness (QED) is 0.0772. The summed E-state index contributed by atoms with van der Waals surface area (Å²) in [5.41, 5.74) is 3.16. The molecule has 12 heteroatoms. The van der Waals surface area contributed by atoms with Crippen LogP contribution in [0.3, 0.4) is 0 Å². The number of ketones is 2. The molecular formula is C47H37N3O8S. The third kappa shape index (κ3) is 8.63. The van der Waals surface area contributed by atoms with E-state index in [1.807, 2.05) is 30.3 Å². The van der Waals surface area contributed by atoms with Crippen molar-refractivity contribution < 1.29 is 38.2 Å². The number of thioether (sulfide) groups is 1. The lowest BCUT2D eigenvalue weighted by molar-refractivity contribution is -0.116. The van der Waals surface area contributed by atoms with Gasteiger partial charge in [0.05, 0.1) is 32.6 Å². The maximum atomic E-state index is 14.1. The molecule has 0 saturated carbocycles. The first-order valence-corrected chi connectivity index (χ1v) is 19.2. The van der Waals surface area contributed by atoms with Crippen molar-refractivity contribution in [1.29, 1.82) is 0 Å². The van der Waals surface area contributed by atoms with Gasteiger partial charge < -0.3 is 30.2 Å². The SMILES string of the molecule is COc1cc(/C=C(\NC(=O)c2ccccc2)C(=O)Nc2ccc(SC(C(=O)Nc3cccc4c3C(=O)c3ccccc3C4=O)c3ccccc3)cc2)cc(OC)c1OC. The second-order valence-corrected chi connectivity index (χ2v) is 14.3. The Morgan fingerprint density at radius 1 is 0.627 bits per heavy atom. The van der Waals surface area contributed by atoms with E-state index in [-0.39, 0.29) is 39.6 Å². The van der Waals surface area contributed by atoms with E-state index in [1.165, 1.54) is 39.2 Å². The zero-order valence-corrected chi connectivity index (χ0v) is 32.9. The van der Waals surface area contributed by atoms with Crippen LogP contribution in [0.1, 0.15) is 58.6 Å². The minimum absolute atomic E-state index is 0.0563. The van der Waals surface area contributed by atoms with Crippen LogP contribution in [0.2, 0.25) is 0 Å². The molecule has 7 rings (SSSR count). The number of anilines is 2. The number of amides is 3. The number of nitrogens with one attached hydrogen (secondary N) is 3. The van der Waals surface area contributed by atoms with Crippen molar-refractivity contribution in [3.8, 4) is 17.2 Å². The fourth-order valence-electron chi connectivity index (χ4n) is 6.59. The van der Waals surface area contributed by atoms with Gasteiger partial charge in [-0.15, -0.1) is 11.8 Å². The Labute approximate surface area is 344 Å². The lowest BCUT2D eigenvalue weighted by Crippen LogP contribution is -2.30. The number of benzene rings is 6. The van der Waals surface area contributed by atoms with Crippen molar-refractivity contribution >= 4 is 58.5 Å². The molecule has 0 aromatic heterocycles. The Kier molecular flexibility index (Phi) is 12.0. The molecule has 0 radical (unpaired) electrons. The summed E-state index contributed by atoms with van der Waals surface area (Å²) >= 11 is 1.27. The Morgan fingerprint density at radius 2 is 1.22 bits per heavy atom. The largest absolute Gasteiger partial charge is 0.493 e. The molecule has 0 spiro atoms. The van der Waals surface area contributed by atoms with Crippen LogP contribution in [0.15, 0.2) is 150 Å². The zero-order chi connectivity index (χ0) is 41.5. The van der Waals surface area contributed by atoms with Crippen LogP contribution < -0.4 is 30.2 Å². The van der Waals surface area contributed by atoms with E-state index in [9.17, 15) is 24.0 Å². The van der Waals surface area contributed by atoms with Gasteiger partial charge in [0.15, 0.2) is 23.1 Å². The summed E-state index contributed by atoms with van der Waals surface area (Å²) in [6.45, 7) is 0. The summed E-state index contributed by atoms with van der Waals surface area (Å²) in [7, 11) is 4.44. The molecule has 1 atom stereocenters. The summed E-state index contributed by atoms with van der Waals surface area (Å²) in [6.07, 6.45) is 1.50. The van der Waals surface area contributed by atoms with Crippen LogP contribution in [0, 0.1) is 0 Å². The predicted molar refractivity (Wildman–Crippen MR) is 226 cm³/mol. The fraction of sp³-hybridized carbons (Fsp3) is 0.0851. The number of carbonyl (C=O) groups is 5. The zero-order valence-electron chi connectivity index (χ0n) is 32.1. The summed E-state index contributed by atoms with van der Waals surface area (Å²) < 4.78 is 16.4. The van der Waals surface area contributed by atoms with Gasteiger partial charge in [0.1, 0.15) is 10.9 Å². The number of ether oxygens (including phenoxy) is 3. The number of hydrogen-bond donors (Lipinski definition) is 3. The fourth-order valence-corrected chi connectivity index (χ4v) is 7.62. The van der Waals surface area contributed by atoms with Gasteiger partial charge in [0, 0.05) is 32.8 Å². The van der Waals surface area contributed by atoms with E-state index in [2.05, 4.69) is 16.0 Å². The van der Waals surface area contributed by atoms with Crippen molar-refractivity contribution in [2.75, 3.05) is 32.0 Å². The van der Waals surface area contributed by atoms with Crippen LogP contribution in [-0.2, 0) is 9.59 Å². The number of rotatable bonds is 13. The molecule has 6 aromatic carbocycles. The molecular weight excluding hydrogens is 767 g/mol. The van der Waals surface area contributed by atoms with E-state index >= 15 is 0 Å². The molecule has 1 unspecified atom stereocenters. The third-order valence-electron chi connectivity index (χ3n) is 9.44. The molecule has 6 aromatic rings. The van der Waals surface area contributed by atoms with Gasteiger partial charge in [-0.25, -0.2) is 0 Å². The molecule has 59 heavy (non-hydrogen) atoms. The molecule has 0 saturated heterocycles. The standard InChI is InChI=1S/C47H37N3O8S/c1-56-38-26-28(27-39(57-2)43(38)58-3)25-37(50-45(53)30-15-8-5-9-16-30)46(54)48-31-21-23-32(24-22-31)59-44(29-13-6-4-7-14-29)47(55)49-36-20-12-19-35-40(36)42(52)34-18-11-10-17-33(34)41(35)51/h4-27,44H,1-3H3,(H,48,54)(H,49,55)(H,50,53)/b37-25-. The lowest BCUT2D eigenvalue weighted by atomic mass is 9.83. The number of fused-ring (bicyclic) bond motifs is 2. The first-order valence-electron chi connectivity index (χ1n) is 18.3. The molecule has 3 N–H and O–H groups in total. The Balaban J connectivity index is 1.13. The van der Waals surface area contributed by atoms with Crippen molar-refractivity contribution in [2.24, 2.45) is 0 Å². The van der Waals surface area contributed by atoms with Crippen LogP contribution in [0.4, 0.5) is 11.4 Å². The van der Waals surface area contributed by atoms with Gasteiger partial charge in [-0.1, -0.05) is 84.9 Å². The molecule has 0 bridgehead atoms. The molecule has 3 amide bonds. The molecule has 11 nitrogen and oxygen atoms in total. The smallest absolute Gasteiger partial charge is 0.272 e. The van der Waals surface area contributed by atoms with Crippen molar-refractivity contribution in [1.82, 2.24) is 5.32 Å². The van der Waals surface area contributed by atoms with Crippen LogP contribution in [0.25, 0.3) is 6.08 Å². The van der Waals surface area contributed by atoms with Crippen LogP contribution >= 0.6 is 11.8 Å². The van der Waals surface area contributed by atoms with Gasteiger partial charge in [-0.05, 0) is 71.8 Å². The van der Waals surface area contributed by atoms with E-state index < -0.39 is 23.0 Å². The molecule has 0 heterocycles. The summed E-state index contributed by atoms with van der Waals surface area (Å²) in [6, 6.07) is 39.4. The van der Waals surface area contributed by atoms with Crippen molar-refractivity contribution in [2.45, 2.75) is 10.1 Å². The van der Waals surface area contributed by atoms with E-state index in [1.54, 1.807) is 109 Å². The molecule has 0 aliphatic heterocycles. The molecule has 294 valence electrons. The maximum absolute atomic E-state index is 14.1. The molecule has 0 fully saturated rings. The molecule has 1 aliphatic rings. The monoisotopic (exact) mass is 803 g/mol. The number of methoxy groups -OCH3 is 3. The topological polar surface area (TPSA) is 149 Å². The number of hydrogen-bond acceptors (Lipinski definition) is 9. The average Bonchev–Trinajstić information content (AvgIpc) is 3.27. The van der Waals surface area contributed by atoms with Gasteiger partial charge in [0.2, 0.25) is 11.7 Å². The summed E-state index contributed by atoms with van der Waals surface area (Å²) in [5, 5.41) is 7.75. The summed E-state index contributed by atoms with van der Waals surface area (Å²) in [5.74, 6) is -1.03. The Morgan fingerprint density at radius 3 is 1.85 bits per heavy atom. The minimum atomic E-state index is -0.768.